The third-order valence-corrected chi connectivity index (χ3v) is 3.22. The van der Waals surface area contributed by atoms with E-state index in [1.165, 1.54) is 0 Å². The van der Waals surface area contributed by atoms with Gasteiger partial charge in [0.15, 0.2) is 4.34 Å². The Kier molecular flexibility index (Phi) is 3.38. The highest BCUT2D eigenvalue weighted by atomic mass is 32.2. The van der Waals surface area contributed by atoms with E-state index in [4.69, 9.17) is 5.11 Å². The normalized spacial score (nSPS) is 11.6. The van der Waals surface area contributed by atoms with Crippen molar-refractivity contribution in [2.45, 2.75) is 17.2 Å². The van der Waals surface area contributed by atoms with Crippen molar-refractivity contribution in [3.05, 3.63) is 5.82 Å². The molecule has 0 bridgehead atoms. The maximum atomic E-state index is 12.6. The first-order chi connectivity index (χ1) is 6.42. The summed E-state index contributed by atoms with van der Waals surface area (Å²) in [5.41, 5.74) is 0. The number of alkyl halides is 2. The number of aromatic nitrogens is 2. The van der Waals surface area contributed by atoms with Gasteiger partial charge in [-0.25, -0.2) is 9.78 Å². The number of thioether (sulfide) groups is 1. The van der Waals surface area contributed by atoms with E-state index >= 15 is 0 Å². The van der Waals surface area contributed by atoms with Crippen molar-refractivity contribution in [2.75, 3.05) is 5.75 Å². The first-order valence-electron chi connectivity index (χ1n) is 3.46. The van der Waals surface area contributed by atoms with Gasteiger partial charge < -0.3 is 5.11 Å². The number of hydrogen-bond acceptors (Lipinski definition) is 5. The molecule has 0 aliphatic rings. The minimum atomic E-state index is -3.72. The number of rotatable bonds is 4. The average molecular weight is 240 g/mol. The molecule has 0 aromatic carbocycles. The molecule has 0 atom stereocenters. The molecule has 8 heteroatoms. The summed E-state index contributed by atoms with van der Waals surface area (Å²) in [7, 11) is 0. The van der Waals surface area contributed by atoms with E-state index in [0.717, 1.165) is 11.5 Å². The van der Waals surface area contributed by atoms with Gasteiger partial charge in [-0.1, -0.05) is 11.8 Å². The van der Waals surface area contributed by atoms with Crippen molar-refractivity contribution in [2.24, 2.45) is 0 Å². The summed E-state index contributed by atoms with van der Waals surface area (Å²) in [4.78, 5) is 13.9. The fourth-order valence-corrected chi connectivity index (χ4v) is 2.10. The zero-order valence-electron chi connectivity index (χ0n) is 7.03. The third kappa shape index (κ3) is 2.88. The van der Waals surface area contributed by atoms with E-state index in [1.807, 2.05) is 0 Å². The van der Waals surface area contributed by atoms with E-state index in [2.05, 4.69) is 9.36 Å². The van der Waals surface area contributed by atoms with Gasteiger partial charge in [0.1, 0.15) is 5.82 Å². The molecular formula is C6H6F2N2O2S2. The number of halogens is 2. The SMILES string of the molecule is Cc1nsc(SCC(F)(F)C(=O)O)n1. The molecule has 14 heavy (non-hydrogen) atoms. The lowest BCUT2D eigenvalue weighted by Crippen LogP contribution is -2.30. The standard InChI is InChI=1S/C6H6F2N2O2S2/c1-3-9-5(14-10-3)13-2-6(7,8)4(11)12/h2H2,1H3,(H,11,12). The van der Waals surface area contributed by atoms with Crippen LogP contribution < -0.4 is 0 Å². The van der Waals surface area contributed by atoms with Crippen LogP contribution in [-0.4, -0.2) is 32.1 Å². The number of carbonyl (C=O) groups is 1. The highest BCUT2D eigenvalue weighted by molar-refractivity contribution is 8.01. The lowest BCUT2D eigenvalue weighted by atomic mass is 10.4. The molecule has 1 heterocycles. The molecule has 0 aliphatic heterocycles. The number of carboxylic acids is 1. The summed E-state index contributed by atoms with van der Waals surface area (Å²) < 4.78 is 29.3. The second-order valence-electron chi connectivity index (χ2n) is 2.41. The Morgan fingerprint density at radius 2 is 2.36 bits per heavy atom. The molecule has 0 amide bonds. The molecule has 0 aliphatic carbocycles. The molecule has 0 saturated heterocycles. The minimum absolute atomic E-state index is 0.350. The second-order valence-corrected chi connectivity index (χ2v) is 4.38. The predicted molar refractivity (Wildman–Crippen MR) is 48.0 cm³/mol. The van der Waals surface area contributed by atoms with Crippen molar-refractivity contribution < 1.29 is 18.7 Å². The zero-order valence-corrected chi connectivity index (χ0v) is 8.66. The van der Waals surface area contributed by atoms with Gasteiger partial charge in [-0.2, -0.15) is 13.2 Å². The van der Waals surface area contributed by atoms with Crippen molar-refractivity contribution in [3.63, 3.8) is 0 Å². The van der Waals surface area contributed by atoms with Crippen LogP contribution in [0, 0.1) is 6.92 Å². The summed E-state index contributed by atoms with van der Waals surface area (Å²) in [6.45, 7) is 1.63. The fraction of sp³-hybridized carbons (Fsp3) is 0.500. The zero-order chi connectivity index (χ0) is 10.8. The molecule has 4 nitrogen and oxygen atoms in total. The maximum Gasteiger partial charge on any atom is 0.375 e. The quantitative estimate of drug-likeness (QED) is 0.811. The van der Waals surface area contributed by atoms with Gasteiger partial charge in [0.25, 0.3) is 0 Å². The Labute approximate surface area is 86.5 Å². The predicted octanol–water partition coefficient (Wildman–Crippen LogP) is 1.66. The Morgan fingerprint density at radius 3 is 2.79 bits per heavy atom. The lowest BCUT2D eigenvalue weighted by Gasteiger charge is -2.07. The highest BCUT2D eigenvalue weighted by Crippen LogP contribution is 2.27. The summed E-state index contributed by atoms with van der Waals surface area (Å²) >= 11 is 1.67. The number of aliphatic carboxylic acids is 1. The Balaban J connectivity index is 2.52. The summed E-state index contributed by atoms with van der Waals surface area (Å²) in [5.74, 6) is -6.16. The Hall–Kier alpha value is -0.760. The molecule has 1 N–H and O–H groups in total. The van der Waals surface area contributed by atoms with Crippen LogP contribution in [0.1, 0.15) is 5.82 Å². The largest absolute Gasteiger partial charge is 0.477 e. The molecule has 78 valence electrons. The fourth-order valence-electron chi connectivity index (χ4n) is 0.551. The van der Waals surface area contributed by atoms with Gasteiger partial charge in [-0.3, -0.25) is 0 Å². The van der Waals surface area contributed by atoms with Crippen LogP contribution in [0.3, 0.4) is 0 Å². The van der Waals surface area contributed by atoms with Crippen LogP contribution in [-0.2, 0) is 4.79 Å². The summed E-state index contributed by atoms with van der Waals surface area (Å²) in [6.07, 6.45) is 0. The number of aryl methyl sites for hydroxylation is 1. The molecule has 0 spiro atoms. The van der Waals surface area contributed by atoms with Crippen LogP contribution in [0.15, 0.2) is 4.34 Å². The molecule has 0 fully saturated rings. The van der Waals surface area contributed by atoms with E-state index < -0.39 is 17.6 Å². The molecule has 0 radical (unpaired) electrons. The van der Waals surface area contributed by atoms with Crippen LogP contribution in [0.5, 0.6) is 0 Å². The molecule has 1 rings (SSSR count). The maximum absolute atomic E-state index is 12.6. The highest BCUT2D eigenvalue weighted by Gasteiger charge is 2.39. The van der Waals surface area contributed by atoms with Gasteiger partial charge in [-0.15, -0.1) is 0 Å². The van der Waals surface area contributed by atoms with Crippen LogP contribution >= 0.6 is 23.3 Å². The van der Waals surface area contributed by atoms with Gasteiger partial charge >= 0.3 is 11.9 Å². The van der Waals surface area contributed by atoms with Crippen LogP contribution in [0.4, 0.5) is 8.78 Å². The lowest BCUT2D eigenvalue weighted by molar-refractivity contribution is -0.161. The summed E-state index contributed by atoms with van der Waals surface area (Å²) in [6, 6.07) is 0. The second kappa shape index (κ2) is 4.18. The third-order valence-electron chi connectivity index (χ3n) is 1.20. The molecule has 1 aromatic heterocycles. The van der Waals surface area contributed by atoms with E-state index in [0.29, 0.717) is 21.9 Å². The monoisotopic (exact) mass is 240 g/mol. The number of nitrogens with zero attached hydrogens (tertiary/aromatic N) is 2. The van der Waals surface area contributed by atoms with Gasteiger partial charge in [0.05, 0.1) is 5.75 Å². The Bertz CT molecular complexity index is 342. The average Bonchev–Trinajstić information content (AvgIpc) is 2.48. The molecular weight excluding hydrogens is 234 g/mol. The van der Waals surface area contributed by atoms with Crippen LogP contribution in [0.25, 0.3) is 0 Å². The Morgan fingerprint density at radius 1 is 1.71 bits per heavy atom. The molecule has 1 aromatic rings. The first kappa shape index (κ1) is 11.3. The first-order valence-corrected chi connectivity index (χ1v) is 5.22. The van der Waals surface area contributed by atoms with Crippen molar-refractivity contribution >= 4 is 29.3 Å². The smallest absolute Gasteiger partial charge is 0.375 e. The topological polar surface area (TPSA) is 63.1 Å². The number of carboxylic acid groups (broad SMARTS) is 1. The van der Waals surface area contributed by atoms with Crippen molar-refractivity contribution in [1.82, 2.24) is 9.36 Å². The van der Waals surface area contributed by atoms with E-state index in [1.54, 1.807) is 6.92 Å². The van der Waals surface area contributed by atoms with Gasteiger partial charge in [-0.05, 0) is 18.5 Å². The minimum Gasteiger partial charge on any atom is -0.477 e. The van der Waals surface area contributed by atoms with E-state index in [9.17, 15) is 13.6 Å². The van der Waals surface area contributed by atoms with Crippen molar-refractivity contribution in [3.8, 4) is 0 Å². The number of hydrogen-bond donors (Lipinski definition) is 1. The van der Waals surface area contributed by atoms with Gasteiger partial charge in [0.2, 0.25) is 0 Å². The summed E-state index contributed by atoms with van der Waals surface area (Å²) in [5, 5.41) is 8.13. The van der Waals surface area contributed by atoms with Gasteiger partial charge in [0, 0.05) is 0 Å². The molecule has 0 unspecified atom stereocenters. The molecule has 0 saturated carbocycles. The van der Waals surface area contributed by atoms with E-state index in [-0.39, 0.29) is 0 Å². The van der Waals surface area contributed by atoms with Crippen molar-refractivity contribution in [1.29, 1.82) is 0 Å². The van der Waals surface area contributed by atoms with Crippen LogP contribution in [0.2, 0.25) is 0 Å².